The summed E-state index contributed by atoms with van der Waals surface area (Å²) in [6.07, 6.45) is 0. The Morgan fingerprint density at radius 1 is 0.929 bits per heavy atom. The van der Waals surface area contributed by atoms with Gasteiger partial charge in [0.2, 0.25) is 0 Å². The molecule has 7 heteroatoms. The zero-order chi connectivity index (χ0) is 9.23. The quantitative estimate of drug-likeness (QED) is 0.296. The van der Waals surface area contributed by atoms with E-state index in [0.717, 1.165) is 0 Å². The van der Waals surface area contributed by atoms with Gasteiger partial charge in [-0.2, -0.15) is 0 Å². The van der Waals surface area contributed by atoms with Crippen LogP contribution < -0.4 is 113 Å². The van der Waals surface area contributed by atoms with Gasteiger partial charge in [-0.3, -0.25) is 10.1 Å². The standard InChI is InChI=1S/C7H8.2K.H2O5/c1-7-5-3-2-4-6-7;;;1-3-5-4-2/h2-6H,1H3;;;1-2H/q;2*+1;/p-2. The molecule has 14 heavy (non-hydrogen) atoms. The molecule has 0 unspecified atom stereocenters. The molecule has 0 aliphatic carbocycles. The van der Waals surface area contributed by atoms with E-state index in [1.807, 2.05) is 18.2 Å². The maximum Gasteiger partial charge on any atom is 1.00 e. The first-order valence-electron chi connectivity index (χ1n) is 3.08. The van der Waals surface area contributed by atoms with Crippen molar-refractivity contribution in [3.05, 3.63) is 35.9 Å². The molecule has 0 saturated carbocycles. The van der Waals surface area contributed by atoms with Gasteiger partial charge in [-0.1, -0.05) is 40.9 Å². The third-order valence-electron chi connectivity index (χ3n) is 0.996. The minimum atomic E-state index is 0. The van der Waals surface area contributed by atoms with E-state index in [4.69, 9.17) is 10.5 Å². The van der Waals surface area contributed by atoms with Crippen LogP contribution >= 0.6 is 0 Å². The summed E-state index contributed by atoms with van der Waals surface area (Å²) in [4.78, 5) is 0. The maximum atomic E-state index is 8.48. The third-order valence-corrected chi connectivity index (χ3v) is 0.996. The predicted molar refractivity (Wildman–Crippen MR) is 34.4 cm³/mol. The zero-order valence-electron chi connectivity index (χ0n) is 8.43. The molecule has 0 aliphatic rings. The van der Waals surface area contributed by atoms with Crippen molar-refractivity contribution < 1.29 is 128 Å². The van der Waals surface area contributed by atoms with Gasteiger partial charge >= 0.3 is 103 Å². The van der Waals surface area contributed by atoms with Gasteiger partial charge in [-0.15, -0.1) is 0 Å². The fraction of sp³-hybridized carbons (Fsp3) is 0.143. The molecule has 0 heterocycles. The molecule has 0 aromatic heterocycles. The van der Waals surface area contributed by atoms with E-state index in [-0.39, 0.29) is 103 Å². The van der Waals surface area contributed by atoms with Crippen LogP contribution in [0.15, 0.2) is 30.3 Å². The largest absolute Gasteiger partial charge is 1.00 e. The molecular formula is C7H8K2O5. The number of hydrogen-bond acceptors (Lipinski definition) is 5. The molecule has 0 radical (unpaired) electrons. The Labute approximate surface area is 167 Å². The van der Waals surface area contributed by atoms with E-state index < -0.39 is 0 Å². The molecule has 0 amide bonds. The van der Waals surface area contributed by atoms with Crippen LogP contribution in [0.3, 0.4) is 0 Å². The van der Waals surface area contributed by atoms with Crippen LogP contribution in [-0.2, 0) is 15.1 Å². The summed E-state index contributed by atoms with van der Waals surface area (Å²) in [5, 5.41) is 24.5. The summed E-state index contributed by atoms with van der Waals surface area (Å²) < 4.78 is 0. The molecule has 0 fully saturated rings. The zero-order valence-corrected chi connectivity index (χ0v) is 14.7. The summed E-state index contributed by atoms with van der Waals surface area (Å²) in [6, 6.07) is 10.3. The van der Waals surface area contributed by atoms with Crippen LogP contribution in [-0.4, -0.2) is 0 Å². The molecule has 0 spiro atoms. The van der Waals surface area contributed by atoms with Crippen molar-refractivity contribution in [1.29, 1.82) is 0 Å². The van der Waals surface area contributed by atoms with E-state index >= 15 is 0 Å². The van der Waals surface area contributed by atoms with Gasteiger partial charge in [0.15, 0.2) is 0 Å². The Kier molecular flexibility index (Phi) is 27.2. The van der Waals surface area contributed by atoms with E-state index in [0.29, 0.717) is 0 Å². The minimum absolute atomic E-state index is 0. The molecule has 0 aliphatic heterocycles. The van der Waals surface area contributed by atoms with Crippen LogP contribution in [0.2, 0.25) is 0 Å². The topological polar surface area (TPSA) is 73.8 Å². The fourth-order valence-corrected chi connectivity index (χ4v) is 0.546. The monoisotopic (exact) mass is 250 g/mol. The first-order chi connectivity index (χ1) is 5.81. The van der Waals surface area contributed by atoms with Crippen LogP contribution in [0.4, 0.5) is 0 Å². The van der Waals surface area contributed by atoms with Crippen molar-refractivity contribution in [3.63, 3.8) is 0 Å². The molecule has 1 aromatic carbocycles. The molecule has 0 saturated heterocycles. The van der Waals surface area contributed by atoms with Crippen molar-refractivity contribution in [2.75, 3.05) is 0 Å². The molecule has 1 rings (SSSR count). The summed E-state index contributed by atoms with van der Waals surface area (Å²) in [5.74, 6) is 0. The maximum absolute atomic E-state index is 8.48. The van der Waals surface area contributed by atoms with E-state index in [1.54, 1.807) is 0 Å². The van der Waals surface area contributed by atoms with Crippen molar-refractivity contribution >= 4 is 0 Å². The van der Waals surface area contributed by atoms with Crippen molar-refractivity contribution in [2.45, 2.75) is 6.92 Å². The summed E-state index contributed by atoms with van der Waals surface area (Å²) in [6.45, 7) is 2.08. The van der Waals surface area contributed by atoms with Crippen LogP contribution in [0, 0.1) is 6.92 Å². The van der Waals surface area contributed by atoms with Crippen molar-refractivity contribution in [3.8, 4) is 0 Å². The first-order valence-corrected chi connectivity index (χ1v) is 3.08. The Bertz CT molecular complexity index is 183. The smallest absolute Gasteiger partial charge is 0.690 e. The predicted octanol–water partition coefficient (Wildman–Crippen LogP) is -6.58. The van der Waals surface area contributed by atoms with Crippen LogP contribution in [0.1, 0.15) is 5.56 Å². The molecule has 5 nitrogen and oxygen atoms in total. The van der Waals surface area contributed by atoms with Gasteiger partial charge in [0, 0.05) is 0 Å². The van der Waals surface area contributed by atoms with Gasteiger partial charge in [0.05, 0.1) is 0 Å². The second kappa shape index (κ2) is 17.7. The fourth-order valence-electron chi connectivity index (χ4n) is 0.546. The van der Waals surface area contributed by atoms with Gasteiger partial charge < -0.3 is 10.5 Å². The molecule has 0 bridgehead atoms. The SMILES string of the molecule is Cc1ccccc1.[K+].[K+].[O-]OOO[O-]. The molecule has 0 atom stereocenters. The molecule has 0 N–H and O–H groups in total. The third kappa shape index (κ3) is 16.7. The van der Waals surface area contributed by atoms with Gasteiger partial charge in [0.1, 0.15) is 0 Å². The molecule has 68 valence electrons. The van der Waals surface area contributed by atoms with Gasteiger partial charge in [-0.25, -0.2) is 0 Å². The number of hydrogen-bond donors (Lipinski definition) is 0. The Hall–Kier alpha value is 2.29. The second-order valence-corrected chi connectivity index (χ2v) is 1.86. The molecule has 1 aromatic rings. The first kappa shape index (κ1) is 21.6. The van der Waals surface area contributed by atoms with E-state index in [9.17, 15) is 0 Å². The average Bonchev–Trinajstić information content (AvgIpc) is 2.08. The number of rotatable bonds is 2. The Balaban J connectivity index is -0.000000159. The van der Waals surface area contributed by atoms with E-state index in [1.165, 1.54) is 5.56 Å². The summed E-state index contributed by atoms with van der Waals surface area (Å²) in [7, 11) is 0. The van der Waals surface area contributed by atoms with E-state index in [2.05, 4.69) is 34.2 Å². The Morgan fingerprint density at radius 2 is 1.36 bits per heavy atom. The minimum Gasteiger partial charge on any atom is -0.690 e. The summed E-state index contributed by atoms with van der Waals surface area (Å²) in [5.41, 5.74) is 1.32. The molecular weight excluding hydrogens is 242 g/mol. The van der Waals surface area contributed by atoms with Crippen molar-refractivity contribution in [1.82, 2.24) is 0 Å². The van der Waals surface area contributed by atoms with Crippen molar-refractivity contribution in [2.24, 2.45) is 0 Å². The van der Waals surface area contributed by atoms with Crippen LogP contribution in [0.5, 0.6) is 0 Å². The van der Waals surface area contributed by atoms with Crippen LogP contribution in [0.25, 0.3) is 0 Å². The summed E-state index contributed by atoms with van der Waals surface area (Å²) >= 11 is 0. The number of benzene rings is 1. The van der Waals surface area contributed by atoms with Gasteiger partial charge in [0.25, 0.3) is 0 Å². The Morgan fingerprint density at radius 3 is 1.50 bits per heavy atom. The average molecular weight is 250 g/mol. The van der Waals surface area contributed by atoms with Gasteiger partial charge in [-0.05, 0) is 6.92 Å². The second-order valence-electron chi connectivity index (χ2n) is 1.86. The number of aryl methyl sites for hydroxylation is 1. The normalized spacial score (nSPS) is 7.36.